The number of fused-ring (bicyclic) bond motifs is 1. The minimum atomic E-state index is 0.180. The van der Waals surface area contributed by atoms with E-state index in [2.05, 4.69) is 16.7 Å². The van der Waals surface area contributed by atoms with Crippen molar-refractivity contribution in [1.82, 2.24) is 0 Å². The number of rotatable bonds is 4. The third kappa shape index (κ3) is 3.78. The second-order valence-corrected chi connectivity index (χ2v) is 6.45. The maximum absolute atomic E-state index is 12.2. The first-order valence-electron chi connectivity index (χ1n) is 8.48. The molecule has 1 amide bonds. The van der Waals surface area contributed by atoms with E-state index in [-0.39, 0.29) is 5.91 Å². The van der Waals surface area contributed by atoms with Crippen molar-refractivity contribution in [1.29, 1.82) is 0 Å². The molecule has 1 aliphatic carbocycles. The molecule has 1 saturated carbocycles. The van der Waals surface area contributed by atoms with Gasteiger partial charge in [0.05, 0.1) is 0 Å². The summed E-state index contributed by atoms with van der Waals surface area (Å²) in [6.07, 6.45) is 10.6. The van der Waals surface area contributed by atoms with Gasteiger partial charge < -0.3 is 10.6 Å². The highest BCUT2D eigenvalue weighted by atomic mass is 16.1. The summed E-state index contributed by atoms with van der Waals surface area (Å²) in [7, 11) is 0. The van der Waals surface area contributed by atoms with Gasteiger partial charge in [-0.2, -0.15) is 0 Å². The second-order valence-electron chi connectivity index (χ2n) is 6.45. The van der Waals surface area contributed by atoms with Crippen molar-refractivity contribution in [2.24, 2.45) is 5.92 Å². The van der Waals surface area contributed by atoms with Crippen molar-refractivity contribution >= 4 is 17.3 Å². The zero-order chi connectivity index (χ0) is 14.5. The Balaban J connectivity index is 1.55. The molecule has 0 bridgehead atoms. The summed E-state index contributed by atoms with van der Waals surface area (Å²) >= 11 is 0. The second kappa shape index (κ2) is 6.97. The number of carbonyl (C=O) groups excluding carboxylic acids is 1. The monoisotopic (exact) mass is 286 g/mol. The van der Waals surface area contributed by atoms with Crippen LogP contribution in [0.5, 0.6) is 0 Å². The fourth-order valence-electron chi connectivity index (χ4n) is 3.65. The van der Waals surface area contributed by atoms with Gasteiger partial charge in [-0.15, -0.1) is 0 Å². The normalized spacial score (nSPS) is 18.7. The highest BCUT2D eigenvalue weighted by molar-refractivity contribution is 5.92. The first-order chi connectivity index (χ1) is 10.3. The van der Waals surface area contributed by atoms with E-state index >= 15 is 0 Å². The molecule has 21 heavy (non-hydrogen) atoms. The van der Waals surface area contributed by atoms with Crippen LogP contribution in [-0.2, 0) is 11.2 Å². The van der Waals surface area contributed by atoms with Crippen LogP contribution in [0.3, 0.4) is 0 Å². The molecule has 2 aliphatic rings. The minimum Gasteiger partial charge on any atom is -0.385 e. The Bertz CT molecular complexity index is 492. The van der Waals surface area contributed by atoms with Crippen LogP contribution in [0, 0.1) is 5.92 Å². The first kappa shape index (κ1) is 14.4. The van der Waals surface area contributed by atoms with Crippen molar-refractivity contribution in [2.45, 2.75) is 57.8 Å². The molecule has 1 aliphatic heterocycles. The lowest BCUT2D eigenvalue weighted by atomic mass is 9.86. The molecule has 3 nitrogen and oxygen atoms in total. The number of hydrogen-bond donors (Lipinski definition) is 2. The van der Waals surface area contributed by atoms with E-state index in [0.29, 0.717) is 6.42 Å². The SMILES string of the molecule is O=C(CCC1CCCCC1)Nc1cccc2c1CCCN2. The standard InChI is InChI=1S/C18H26N2O/c21-18(12-11-14-6-2-1-3-7-14)20-17-10-4-9-16-15(17)8-5-13-19-16/h4,9-10,14,19H,1-3,5-8,11-13H2,(H,20,21). The van der Waals surface area contributed by atoms with Gasteiger partial charge in [0.25, 0.3) is 0 Å². The van der Waals surface area contributed by atoms with Crippen LogP contribution in [-0.4, -0.2) is 12.5 Å². The predicted octanol–water partition coefficient (Wildman–Crippen LogP) is 4.34. The van der Waals surface area contributed by atoms with Crippen molar-refractivity contribution in [2.75, 3.05) is 17.2 Å². The van der Waals surface area contributed by atoms with Gasteiger partial charge in [0.2, 0.25) is 5.91 Å². The molecule has 3 rings (SSSR count). The number of hydrogen-bond acceptors (Lipinski definition) is 2. The van der Waals surface area contributed by atoms with Gasteiger partial charge in [-0.3, -0.25) is 4.79 Å². The lowest BCUT2D eigenvalue weighted by Crippen LogP contribution is -2.18. The molecule has 2 N–H and O–H groups in total. The molecule has 0 atom stereocenters. The van der Waals surface area contributed by atoms with Gasteiger partial charge >= 0.3 is 0 Å². The third-order valence-corrected chi connectivity index (χ3v) is 4.87. The topological polar surface area (TPSA) is 41.1 Å². The molecule has 1 fully saturated rings. The quantitative estimate of drug-likeness (QED) is 0.864. The van der Waals surface area contributed by atoms with Crippen LogP contribution in [0.15, 0.2) is 18.2 Å². The van der Waals surface area contributed by atoms with E-state index in [1.165, 1.54) is 43.4 Å². The van der Waals surface area contributed by atoms with Crippen LogP contribution in [0.2, 0.25) is 0 Å². The largest absolute Gasteiger partial charge is 0.385 e. The Kier molecular flexibility index (Phi) is 4.79. The Morgan fingerprint density at radius 2 is 2.05 bits per heavy atom. The lowest BCUT2D eigenvalue weighted by Gasteiger charge is -2.22. The highest BCUT2D eigenvalue weighted by Gasteiger charge is 2.17. The molecule has 0 radical (unpaired) electrons. The average Bonchev–Trinajstić information content (AvgIpc) is 2.54. The fourth-order valence-corrected chi connectivity index (χ4v) is 3.65. The van der Waals surface area contributed by atoms with Crippen molar-refractivity contribution in [3.8, 4) is 0 Å². The summed E-state index contributed by atoms with van der Waals surface area (Å²) < 4.78 is 0. The Morgan fingerprint density at radius 1 is 1.19 bits per heavy atom. The molecule has 0 unspecified atom stereocenters. The van der Waals surface area contributed by atoms with E-state index in [1.54, 1.807) is 0 Å². The van der Waals surface area contributed by atoms with E-state index in [1.807, 2.05) is 12.1 Å². The predicted molar refractivity (Wildman–Crippen MR) is 87.7 cm³/mol. The molecule has 1 aromatic carbocycles. The van der Waals surface area contributed by atoms with Gasteiger partial charge in [0, 0.05) is 24.3 Å². The fraction of sp³-hybridized carbons (Fsp3) is 0.611. The summed E-state index contributed by atoms with van der Waals surface area (Å²) in [6.45, 7) is 1.03. The Morgan fingerprint density at radius 3 is 2.90 bits per heavy atom. The van der Waals surface area contributed by atoms with Gasteiger partial charge in [-0.1, -0.05) is 38.2 Å². The van der Waals surface area contributed by atoms with Crippen molar-refractivity contribution < 1.29 is 4.79 Å². The van der Waals surface area contributed by atoms with Crippen LogP contribution in [0.4, 0.5) is 11.4 Å². The third-order valence-electron chi connectivity index (χ3n) is 4.87. The van der Waals surface area contributed by atoms with Gasteiger partial charge in [0.1, 0.15) is 0 Å². The molecule has 0 spiro atoms. The van der Waals surface area contributed by atoms with E-state index < -0.39 is 0 Å². The van der Waals surface area contributed by atoms with Crippen molar-refractivity contribution in [3.05, 3.63) is 23.8 Å². The number of carbonyl (C=O) groups is 1. The number of nitrogens with one attached hydrogen (secondary N) is 2. The first-order valence-corrected chi connectivity index (χ1v) is 8.48. The molecule has 0 saturated heterocycles. The number of amides is 1. The zero-order valence-corrected chi connectivity index (χ0v) is 12.8. The highest BCUT2D eigenvalue weighted by Crippen LogP contribution is 2.30. The minimum absolute atomic E-state index is 0.180. The molecular formula is C18H26N2O. The van der Waals surface area contributed by atoms with Gasteiger partial charge in [-0.05, 0) is 42.9 Å². The van der Waals surface area contributed by atoms with Crippen molar-refractivity contribution in [3.63, 3.8) is 0 Å². The molecule has 3 heteroatoms. The Hall–Kier alpha value is -1.51. The lowest BCUT2D eigenvalue weighted by molar-refractivity contribution is -0.116. The van der Waals surface area contributed by atoms with Gasteiger partial charge in [0.15, 0.2) is 0 Å². The molecular weight excluding hydrogens is 260 g/mol. The summed E-state index contributed by atoms with van der Waals surface area (Å²) in [4.78, 5) is 12.2. The van der Waals surface area contributed by atoms with Crippen LogP contribution < -0.4 is 10.6 Å². The van der Waals surface area contributed by atoms with Crippen LogP contribution in [0.1, 0.15) is 56.9 Å². The van der Waals surface area contributed by atoms with E-state index in [9.17, 15) is 4.79 Å². The van der Waals surface area contributed by atoms with E-state index in [4.69, 9.17) is 0 Å². The smallest absolute Gasteiger partial charge is 0.224 e. The van der Waals surface area contributed by atoms with Crippen LogP contribution in [0.25, 0.3) is 0 Å². The van der Waals surface area contributed by atoms with E-state index in [0.717, 1.165) is 37.4 Å². The average molecular weight is 286 g/mol. The maximum Gasteiger partial charge on any atom is 0.224 e. The molecule has 1 aromatic rings. The summed E-state index contributed by atoms with van der Waals surface area (Å²) in [5.41, 5.74) is 3.47. The number of benzene rings is 1. The Labute approximate surface area is 127 Å². The molecule has 114 valence electrons. The zero-order valence-electron chi connectivity index (χ0n) is 12.8. The summed E-state index contributed by atoms with van der Waals surface area (Å²) in [6, 6.07) is 6.16. The maximum atomic E-state index is 12.2. The van der Waals surface area contributed by atoms with Crippen LogP contribution >= 0.6 is 0 Å². The molecule has 1 heterocycles. The van der Waals surface area contributed by atoms with Gasteiger partial charge in [-0.25, -0.2) is 0 Å². The molecule has 0 aromatic heterocycles. The summed E-state index contributed by atoms with van der Waals surface area (Å²) in [5, 5.41) is 6.54. The summed E-state index contributed by atoms with van der Waals surface area (Å²) in [5.74, 6) is 0.954. The number of anilines is 2.